The Morgan fingerprint density at radius 2 is 2.05 bits per heavy atom. The number of nitrogens with two attached hydrogens (primary N) is 1. The van der Waals surface area contributed by atoms with Gasteiger partial charge in [0.1, 0.15) is 6.04 Å². The van der Waals surface area contributed by atoms with E-state index in [0.717, 1.165) is 0 Å². The third-order valence-electron chi connectivity index (χ3n) is 2.45. The molecule has 6 nitrogen and oxygen atoms in total. The van der Waals surface area contributed by atoms with Gasteiger partial charge in [-0.25, -0.2) is 8.42 Å². The highest BCUT2D eigenvalue weighted by Gasteiger charge is 2.23. The van der Waals surface area contributed by atoms with Crippen molar-refractivity contribution in [1.82, 2.24) is 4.72 Å². The van der Waals surface area contributed by atoms with E-state index in [1.54, 1.807) is 6.92 Å². The molecule has 1 unspecified atom stereocenters. The number of halogens is 1. The summed E-state index contributed by atoms with van der Waals surface area (Å²) in [5.74, 6) is -0.678. The van der Waals surface area contributed by atoms with Crippen LogP contribution in [0.15, 0.2) is 17.0 Å². The first-order valence-electron chi connectivity index (χ1n) is 5.35. The molecule has 0 bridgehead atoms. The third-order valence-corrected chi connectivity index (χ3v) is 4.49. The molecule has 1 atom stereocenters. The molecular weight excluding hydrogens is 292 g/mol. The van der Waals surface area contributed by atoms with Crippen LogP contribution in [0.1, 0.15) is 12.5 Å². The van der Waals surface area contributed by atoms with Crippen molar-refractivity contribution in [3.05, 3.63) is 22.7 Å². The van der Waals surface area contributed by atoms with Crippen LogP contribution in [0.2, 0.25) is 5.02 Å². The Morgan fingerprint density at radius 3 is 2.53 bits per heavy atom. The Kier molecular flexibility index (Phi) is 4.78. The van der Waals surface area contributed by atoms with Gasteiger partial charge in [-0.05, 0) is 31.5 Å². The van der Waals surface area contributed by atoms with Crippen LogP contribution in [0.25, 0.3) is 0 Å². The Labute approximate surface area is 116 Å². The zero-order chi connectivity index (χ0) is 14.8. The highest BCUT2D eigenvalue weighted by atomic mass is 35.5. The molecule has 0 spiro atoms. The Morgan fingerprint density at radius 1 is 1.47 bits per heavy atom. The highest BCUT2D eigenvalue weighted by molar-refractivity contribution is 7.89. The van der Waals surface area contributed by atoms with E-state index in [1.807, 2.05) is 0 Å². The number of methoxy groups -OCH3 is 1. The molecule has 1 rings (SSSR count). The lowest BCUT2D eigenvalue weighted by molar-refractivity contribution is -0.142. The zero-order valence-electron chi connectivity index (χ0n) is 10.7. The quantitative estimate of drug-likeness (QED) is 0.640. The smallest absolute Gasteiger partial charge is 0.323 e. The summed E-state index contributed by atoms with van der Waals surface area (Å²) in [6.07, 6.45) is 0. The summed E-state index contributed by atoms with van der Waals surface area (Å²) in [5.41, 5.74) is 6.31. The lowest BCUT2D eigenvalue weighted by atomic mass is 10.2. The van der Waals surface area contributed by atoms with Crippen molar-refractivity contribution in [3.63, 3.8) is 0 Å². The molecule has 0 saturated heterocycles. The van der Waals surface area contributed by atoms with Crippen LogP contribution in [0.5, 0.6) is 0 Å². The van der Waals surface area contributed by atoms with E-state index >= 15 is 0 Å². The Balaban J connectivity index is 3.11. The maximum absolute atomic E-state index is 12.1. The van der Waals surface area contributed by atoms with Gasteiger partial charge in [0.2, 0.25) is 10.0 Å². The summed E-state index contributed by atoms with van der Waals surface area (Å²) in [7, 11) is -2.69. The summed E-state index contributed by atoms with van der Waals surface area (Å²) < 4.78 is 30.8. The molecule has 0 aliphatic carbocycles. The van der Waals surface area contributed by atoms with Gasteiger partial charge in [0.15, 0.2) is 0 Å². The number of nitrogens with one attached hydrogen (secondary N) is 1. The van der Waals surface area contributed by atoms with Crippen molar-refractivity contribution in [2.24, 2.45) is 0 Å². The molecule has 0 saturated carbocycles. The van der Waals surface area contributed by atoms with Gasteiger partial charge in [-0.1, -0.05) is 11.6 Å². The van der Waals surface area contributed by atoms with Gasteiger partial charge in [0.25, 0.3) is 0 Å². The summed E-state index contributed by atoms with van der Waals surface area (Å²) in [6, 6.07) is 1.62. The van der Waals surface area contributed by atoms with Crippen LogP contribution < -0.4 is 10.5 Å². The molecule has 0 amide bonds. The van der Waals surface area contributed by atoms with Crippen molar-refractivity contribution in [3.8, 4) is 0 Å². The number of esters is 1. The van der Waals surface area contributed by atoms with Crippen LogP contribution in [0, 0.1) is 6.92 Å². The number of hydrogen-bond donors (Lipinski definition) is 2. The van der Waals surface area contributed by atoms with Crippen molar-refractivity contribution in [2.75, 3.05) is 12.8 Å². The van der Waals surface area contributed by atoms with Crippen LogP contribution in [0.3, 0.4) is 0 Å². The number of hydrogen-bond acceptors (Lipinski definition) is 5. The topological polar surface area (TPSA) is 98.5 Å². The molecule has 3 N–H and O–H groups in total. The van der Waals surface area contributed by atoms with E-state index in [-0.39, 0.29) is 10.6 Å². The first-order chi connectivity index (χ1) is 8.69. The first kappa shape index (κ1) is 15.7. The van der Waals surface area contributed by atoms with Gasteiger partial charge >= 0.3 is 5.97 Å². The molecule has 1 aromatic carbocycles. The molecule has 0 aliphatic heterocycles. The minimum atomic E-state index is -3.87. The number of benzene rings is 1. The number of nitrogen functional groups attached to an aromatic ring is 1. The lowest BCUT2D eigenvalue weighted by Gasteiger charge is -2.13. The van der Waals surface area contributed by atoms with Crippen molar-refractivity contribution >= 4 is 33.3 Å². The number of ether oxygens (including phenoxy) is 1. The molecule has 0 radical (unpaired) electrons. The van der Waals surface area contributed by atoms with Gasteiger partial charge in [0.05, 0.1) is 22.7 Å². The second-order valence-electron chi connectivity index (χ2n) is 4.01. The Hall–Kier alpha value is -1.31. The average Bonchev–Trinajstić information content (AvgIpc) is 2.33. The molecule has 0 fully saturated rings. The maximum atomic E-state index is 12.1. The normalized spacial score (nSPS) is 13.1. The van der Waals surface area contributed by atoms with Gasteiger partial charge in [-0.2, -0.15) is 4.72 Å². The number of anilines is 1. The van der Waals surface area contributed by atoms with Gasteiger partial charge in [-0.3, -0.25) is 4.79 Å². The van der Waals surface area contributed by atoms with Gasteiger partial charge in [0, 0.05) is 0 Å². The summed E-state index contributed by atoms with van der Waals surface area (Å²) in [4.78, 5) is 11.2. The van der Waals surface area contributed by atoms with E-state index in [1.165, 1.54) is 26.2 Å². The zero-order valence-corrected chi connectivity index (χ0v) is 12.3. The summed E-state index contributed by atoms with van der Waals surface area (Å²) in [6.45, 7) is 3.02. The lowest BCUT2D eigenvalue weighted by Crippen LogP contribution is -2.39. The predicted molar refractivity (Wildman–Crippen MR) is 72.4 cm³/mol. The molecule has 0 aliphatic rings. The van der Waals surface area contributed by atoms with Crippen molar-refractivity contribution in [1.29, 1.82) is 0 Å². The second-order valence-corrected chi connectivity index (χ2v) is 6.10. The van der Waals surface area contributed by atoms with Gasteiger partial charge in [-0.15, -0.1) is 0 Å². The van der Waals surface area contributed by atoms with Crippen molar-refractivity contribution < 1.29 is 17.9 Å². The highest BCUT2D eigenvalue weighted by Crippen LogP contribution is 2.26. The second kappa shape index (κ2) is 5.77. The molecular formula is C11H15ClN2O4S. The largest absolute Gasteiger partial charge is 0.468 e. The van der Waals surface area contributed by atoms with E-state index in [4.69, 9.17) is 17.3 Å². The minimum absolute atomic E-state index is 0.0531. The van der Waals surface area contributed by atoms with Crippen LogP contribution in [-0.4, -0.2) is 27.5 Å². The van der Waals surface area contributed by atoms with E-state index < -0.39 is 22.0 Å². The summed E-state index contributed by atoms with van der Waals surface area (Å²) >= 11 is 5.86. The Bertz CT molecular complexity index is 578. The average molecular weight is 307 g/mol. The minimum Gasteiger partial charge on any atom is -0.468 e. The van der Waals surface area contributed by atoms with E-state index in [0.29, 0.717) is 10.6 Å². The van der Waals surface area contributed by atoms with Crippen LogP contribution in [-0.2, 0) is 19.6 Å². The fourth-order valence-electron chi connectivity index (χ4n) is 1.44. The summed E-state index contributed by atoms with van der Waals surface area (Å²) in [5, 5.41) is 0.306. The number of carbonyl (C=O) groups is 1. The molecule has 1 aromatic rings. The number of aryl methyl sites for hydroxylation is 1. The fraction of sp³-hybridized carbons (Fsp3) is 0.364. The maximum Gasteiger partial charge on any atom is 0.323 e. The van der Waals surface area contributed by atoms with E-state index in [2.05, 4.69) is 9.46 Å². The van der Waals surface area contributed by atoms with Gasteiger partial charge < -0.3 is 10.5 Å². The SMILES string of the molecule is COC(=O)C(C)NS(=O)(=O)c1cc(C)c(Cl)c(N)c1. The molecule has 0 aromatic heterocycles. The van der Waals surface area contributed by atoms with Crippen LogP contribution in [0.4, 0.5) is 5.69 Å². The predicted octanol–water partition coefficient (Wildman–Crippen LogP) is 1.07. The van der Waals surface area contributed by atoms with E-state index in [9.17, 15) is 13.2 Å². The molecule has 0 heterocycles. The fourth-order valence-corrected chi connectivity index (χ4v) is 2.86. The third kappa shape index (κ3) is 3.59. The first-order valence-corrected chi connectivity index (χ1v) is 7.21. The standard InChI is InChI=1S/C11H15ClN2O4S/c1-6-4-8(5-9(13)10(6)12)19(16,17)14-7(2)11(15)18-3/h4-5,7,14H,13H2,1-3H3. The molecule has 19 heavy (non-hydrogen) atoms. The number of carbonyl (C=O) groups excluding carboxylic acids is 1. The monoisotopic (exact) mass is 306 g/mol. The molecule has 8 heteroatoms. The van der Waals surface area contributed by atoms with Crippen LogP contribution >= 0.6 is 11.6 Å². The number of rotatable bonds is 4. The molecule has 106 valence electrons. The van der Waals surface area contributed by atoms with Crippen molar-refractivity contribution in [2.45, 2.75) is 24.8 Å². The number of sulfonamides is 1.